The molecule has 37 heavy (non-hydrogen) atoms. The van der Waals surface area contributed by atoms with Crippen molar-refractivity contribution in [2.24, 2.45) is 7.05 Å². The van der Waals surface area contributed by atoms with Gasteiger partial charge in [0.1, 0.15) is 17.1 Å². The first kappa shape index (κ1) is 24.7. The van der Waals surface area contributed by atoms with E-state index in [-0.39, 0.29) is 22.0 Å². The Morgan fingerprint density at radius 3 is 2.59 bits per heavy atom. The lowest BCUT2D eigenvalue weighted by atomic mass is 10.0. The van der Waals surface area contributed by atoms with Crippen LogP contribution in [0, 0.1) is 11.6 Å². The highest BCUT2D eigenvalue weighted by Gasteiger charge is 2.20. The predicted octanol–water partition coefficient (Wildman–Crippen LogP) is 5.08. The van der Waals surface area contributed by atoms with Crippen molar-refractivity contribution in [2.45, 2.75) is 11.4 Å². The zero-order valence-electron chi connectivity index (χ0n) is 19.6. The van der Waals surface area contributed by atoms with Crippen LogP contribution < -0.4 is 15.6 Å². The highest BCUT2D eigenvalue weighted by molar-refractivity contribution is 7.90. The Morgan fingerprint density at radius 1 is 1.11 bits per heavy atom. The summed E-state index contributed by atoms with van der Waals surface area (Å²) in [6.45, 7) is 0.359. The van der Waals surface area contributed by atoms with Crippen molar-refractivity contribution in [2.75, 3.05) is 11.6 Å². The third kappa shape index (κ3) is 4.98. The van der Waals surface area contributed by atoms with Crippen molar-refractivity contribution in [3.63, 3.8) is 0 Å². The van der Waals surface area contributed by atoms with E-state index in [0.717, 1.165) is 18.4 Å². The van der Waals surface area contributed by atoms with E-state index >= 15 is 0 Å². The van der Waals surface area contributed by atoms with Gasteiger partial charge >= 0.3 is 0 Å². The number of aromatic nitrogens is 3. The molecule has 0 fully saturated rings. The summed E-state index contributed by atoms with van der Waals surface area (Å²) in [5, 5.41) is 6.24. The summed E-state index contributed by atoms with van der Waals surface area (Å²) in [6.07, 6.45) is 4.30. The van der Waals surface area contributed by atoms with Crippen molar-refractivity contribution < 1.29 is 21.9 Å². The quantitative estimate of drug-likeness (QED) is 0.297. The number of nitrogens with one attached hydrogen (secondary N) is 2. The maximum Gasteiger partial charge on any atom is 0.274 e. The van der Waals surface area contributed by atoms with Crippen LogP contribution in [0.1, 0.15) is 5.69 Å². The molecule has 5 rings (SSSR count). The number of rotatable bonds is 7. The van der Waals surface area contributed by atoms with E-state index in [1.807, 2.05) is 5.38 Å². The number of nitrogens with zero attached hydrogens (tertiary/aromatic N) is 2. The Morgan fingerprint density at radius 2 is 1.89 bits per heavy atom. The molecule has 3 aromatic heterocycles. The molecule has 0 bridgehead atoms. The van der Waals surface area contributed by atoms with Gasteiger partial charge in [0, 0.05) is 59.4 Å². The number of halogens is 2. The van der Waals surface area contributed by atoms with E-state index in [4.69, 9.17) is 4.74 Å². The van der Waals surface area contributed by atoms with Crippen LogP contribution in [-0.4, -0.2) is 29.2 Å². The first-order valence-electron chi connectivity index (χ1n) is 10.9. The van der Waals surface area contributed by atoms with Crippen LogP contribution in [0.15, 0.2) is 69.9 Å². The summed E-state index contributed by atoms with van der Waals surface area (Å²) < 4.78 is 59.7. The summed E-state index contributed by atoms with van der Waals surface area (Å²) in [5.41, 5.74) is 1.51. The lowest BCUT2D eigenvalue weighted by Gasteiger charge is -2.15. The summed E-state index contributed by atoms with van der Waals surface area (Å²) in [5.74, 6) is -1.79. The Balaban J connectivity index is 1.68. The van der Waals surface area contributed by atoms with Crippen LogP contribution in [0.4, 0.5) is 13.9 Å². The molecule has 0 aliphatic rings. The smallest absolute Gasteiger partial charge is 0.274 e. The lowest BCUT2D eigenvalue weighted by Crippen LogP contribution is -2.16. The number of ether oxygens (including phenoxy) is 1. The maximum absolute atomic E-state index is 14.4. The number of hydrogen-bond acceptors (Lipinski definition) is 7. The average molecular weight is 543 g/mol. The summed E-state index contributed by atoms with van der Waals surface area (Å²) in [4.78, 5) is 20.2. The average Bonchev–Trinajstić information content (AvgIpc) is 3.52. The fourth-order valence-electron chi connectivity index (χ4n) is 3.90. The molecule has 0 aliphatic heterocycles. The molecule has 0 spiro atoms. The number of H-pyrrole nitrogens is 1. The number of aromatic amines is 1. The fraction of sp³-hybridized carbons (Fsp3) is 0.120. The zero-order chi connectivity index (χ0) is 26.3. The minimum absolute atomic E-state index is 0.0117. The highest BCUT2D eigenvalue weighted by atomic mass is 32.2. The first-order chi connectivity index (χ1) is 17.6. The Labute approximate surface area is 214 Å². The normalized spacial score (nSPS) is 11.7. The third-order valence-electron chi connectivity index (χ3n) is 5.67. The minimum atomic E-state index is -3.61. The topological polar surface area (TPSA) is 106 Å². The number of thiazole rings is 1. The van der Waals surface area contributed by atoms with Crippen LogP contribution in [-0.2, 0) is 23.4 Å². The maximum atomic E-state index is 14.4. The number of aryl methyl sites for hydroxylation is 1. The van der Waals surface area contributed by atoms with Crippen molar-refractivity contribution >= 4 is 37.2 Å². The lowest BCUT2D eigenvalue weighted by molar-refractivity contribution is 0.438. The van der Waals surface area contributed by atoms with Gasteiger partial charge in [-0.1, -0.05) is 0 Å². The Hall–Kier alpha value is -4.03. The number of anilines is 1. The Kier molecular flexibility index (Phi) is 6.30. The van der Waals surface area contributed by atoms with Gasteiger partial charge in [0.05, 0.1) is 11.4 Å². The number of sulfone groups is 1. The van der Waals surface area contributed by atoms with Crippen LogP contribution in [0.25, 0.3) is 22.0 Å². The number of hydrogen-bond donors (Lipinski definition) is 2. The number of benzene rings is 2. The van der Waals surface area contributed by atoms with Crippen molar-refractivity contribution in [3.8, 4) is 22.6 Å². The van der Waals surface area contributed by atoms with Crippen molar-refractivity contribution in [3.05, 3.63) is 87.9 Å². The van der Waals surface area contributed by atoms with Crippen LogP contribution >= 0.6 is 11.3 Å². The minimum Gasteiger partial charge on any atom is -0.454 e. The largest absolute Gasteiger partial charge is 0.454 e. The van der Waals surface area contributed by atoms with E-state index in [9.17, 15) is 22.0 Å². The molecule has 0 saturated heterocycles. The van der Waals surface area contributed by atoms with Gasteiger partial charge in [0.25, 0.3) is 5.56 Å². The first-order valence-corrected chi connectivity index (χ1v) is 13.7. The zero-order valence-corrected chi connectivity index (χ0v) is 21.2. The van der Waals surface area contributed by atoms with Crippen LogP contribution in [0.3, 0.4) is 0 Å². The number of fused-ring (bicyclic) bond motifs is 1. The van der Waals surface area contributed by atoms with E-state index in [0.29, 0.717) is 45.5 Å². The molecule has 0 amide bonds. The Bertz CT molecular complexity index is 1800. The molecule has 8 nitrogen and oxygen atoms in total. The molecule has 5 aromatic rings. The highest BCUT2D eigenvalue weighted by Crippen LogP contribution is 2.39. The second-order valence-corrected chi connectivity index (χ2v) is 11.3. The molecule has 190 valence electrons. The fourth-order valence-corrected chi connectivity index (χ4v) is 5.07. The number of pyridine rings is 1. The van der Waals surface area contributed by atoms with Gasteiger partial charge in [0.2, 0.25) is 0 Å². The molecular weight excluding hydrogens is 522 g/mol. The molecule has 0 radical (unpaired) electrons. The summed E-state index contributed by atoms with van der Waals surface area (Å²) in [6, 6.07) is 8.83. The summed E-state index contributed by atoms with van der Waals surface area (Å²) >= 11 is 1.43. The molecular formula is C25H20F2N4O4S2. The molecule has 0 atom stereocenters. The standard InChI is InChI=1S/C25H20F2N4O4S2/c1-31-13-19(18-10-15(30-23(18)24(31)32)12-29-25-28-7-8-36-25)17-11-16(37(2,33)34)4-6-21(17)35-22-5-3-14(26)9-20(22)27/h3-11,13,30H,12H2,1-2H3,(H,28,29). The van der Waals surface area contributed by atoms with E-state index in [2.05, 4.69) is 15.3 Å². The third-order valence-corrected chi connectivity index (χ3v) is 7.51. The van der Waals surface area contributed by atoms with Gasteiger partial charge in [-0.15, -0.1) is 11.3 Å². The monoisotopic (exact) mass is 542 g/mol. The molecule has 0 unspecified atom stereocenters. The van der Waals surface area contributed by atoms with Crippen molar-refractivity contribution in [1.29, 1.82) is 0 Å². The van der Waals surface area contributed by atoms with Gasteiger partial charge < -0.3 is 19.6 Å². The van der Waals surface area contributed by atoms with E-state index in [1.54, 1.807) is 25.5 Å². The van der Waals surface area contributed by atoms with Crippen LogP contribution in [0.2, 0.25) is 0 Å². The predicted molar refractivity (Wildman–Crippen MR) is 138 cm³/mol. The second kappa shape index (κ2) is 9.45. The van der Waals surface area contributed by atoms with Gasteiger partial charge in [-0.3, -0.25) is 4.79 Å². The molecule has 2 aromatic carbocycles. The molecule has 3 heterocycles. The van der Waals surface area contributed by atoms with E-state index < -0.39 is 21.5 Å². The van der Waals surface area contributed by atoms with Gasteiger partial charge in [-0.2, -0.15) is 0 Å². The van der Waals surface area contributed by atoms with Crippen molar-refractivity contribution in [1.82, 2.24) is 14.5 Å². The SMILES string of the molecule is Cn1cc(-c2cc(S(C)(=O)=O)ccc2Oc2ccc(F)cc2F)c2cc(CNc3nccs3)[nH]c2c1=O. The second-order valence-electron chi connectivity index (χ2n) is 8.34. The molecule has 12 heteroatoms. The summed E-state index contributed by atoms with van der Waals surface area (Å²) in [7, 11) is -2.04. The molecule has 0 saturated carbocycles. The van der Waals surface area contributed by atoms with Gasteiger partial charge in [-0.25, -0.2) is 22.2 Å². The van der Waals surface area contributed by atoms with Gasteiger partial charge in [-0.05, 0) is 36.4 Å². The van der Waals surface area contributed by atoms with E-state index in [1.165, 1.54) is 34.1 Å². The molecule has 0 aliphatic carbocycles. The molecule has 2 N–H and O–H groups in total. The van der Waals surface area contributed by atoms with Gasteiger partial charge in [0.15, 0.2) is 26.5 Å². The van der Waals surface area contributed by atoms with Crippen LogP contribution in [0.5, 0.6) is 11.5 Å².